The molecule has 2 heteroatoms. The smallest absolute Gasteiger partial charge is 0.0233 e. The minimum absolute atomic E-state index is 1.04. The minimum atomic E-state index is 1.04. The van der Waals surface area contributed by atoms with Gasteiger partial charge in [0.2, 0.25) is 0 Å². The van der Waals surface area contributed by atoms with Crippen LogP contribution in [0.4, 0.5) is 0 Å². The van der Waals surface area contributed by atoms with Crippen molar-refractivity contribution in [3.63, 3.8) is 0 Å². The van der Waals surface area contributed by atoms with Gasteiger partial charge in [0, 0.05) is 29.4 Å². The van der Waals surface area contributed by atoms with Gasteiger partial charge in [0.1, 0.15) is 0 Å². The van der Waals surface area contributed by atoms with E-state index in [0.29, 0.717) is 0 Å². The van der Waals surface area contributed by atoms with Crippen LogP contribution in [0.15, 0.2) is 88.7 Å². The van der Waals surface area contributed by atoms with Crippen molar-refractivity contribution in [3.05, 3.63) is 95.6 Å². The topological polar surface area (TPSA) is 3.24 Å². The number of hydrogen-bond acceptors (Lipinski definition) is 2. The molecule has 0 radical (unpaired) electrons. The van der Waals surface area contributed by atoms with E-state index in [-0.39, 0.29) is 0 Å². The lowest BCUT2D eigenvalue weighted by atomic mass is 9.91. The van der Waals surface area contributed by atoms with Crippen LogP contribution in [-0.2, 0) is 6.54 Å². The molecule has 3 aromatic rings. The molecule has 0 fully saturated rings. The van der Waals surface area contributed by atoms with Crippen LogP contribution in [0.25, 0.3) is 11.1 Å². The van der Waals surface area contributed by atoms with E-state index in [2.05, 4.69) is 83.8 Å². The summed E-state index contributed by atoms with van der Waals surface area (Å²) in [5.74, 6) is 0. The van der Waals surface area contributed by atoms with E-state index >= 15 is 0 Å². The number of benzene rings is 3. The molecule has 0 atom stereocenters. The third kappa shape index (κ3) is 3.36. The summed E-state index contributed by atoms with van der Waals surface area (Å²) in [4.78, 5) is 5.40. The molecular formula is C25H23NS. The minimum Gasteiger partial charge on any atom is -0.298 e. The lowest BCUT2D eigenvalue weighted by Gasteiger charge is -2.20. The summed E-state index contributed by atoms with van der Waals surface area (Å²) in [6.07, 6.45) is 2.24. The molecule has 2 aliphatic heterocycles. The van der Waals surface area contributed by atoms with Gasteiger partial charge < -0.3 is 0 Å². The Bertz CT molecular complexity index is 930. The Morgan fingerprint density at radius 1 is 0.630 bits per heavy atom. The second-order valence-corrected chi connectivity index (χ2v) is 8.40. The first-order valence-corrected chi connectivity index (χ1v) is 10.5. The molecule has 27 heavy (non-hydrogen) atoms. The molecule has 0 saturated carbocycles. The van der Waals surface area contributed by atoms with Crippen molar-refractivity contribution in [1.82, 2.24) is 4.90 Å². The second-order valence-electron chi connectivity index (χ2n) is 7.31. The average Bonchev–Trinajstić information content (AvgIpc) is 2.99. The quantitative estimate of drug-likeness (QED) is 0.517. The lowest BCUT2D eigenvalue weighted by Crippen LogP contribution is -2.24. The SMILES string of the molecule is c1ccc(CN2CCC3=C(CC2)c2ccccc2Sc2ccccc23)cc1. The van der Waals surface area contributed by atoms with Crippen LogP contribution >= 0.6 is 11.8 Å². The zero-order valence-corrected chi connectivity index (χ0v) is 16.2. The fourth-order valence-electron chi connectivity index (χ4n) is 4.28. The zero-order valence-electron chi connectivity index (χ0n) is 15.4. The molecular weight excluding hydrogens is 346 g/mol. The highest BCUT2D eigenvalue weighted by molar-refractivity contribution is 7.99. The van der Waals surface area contributed by atoms with Crippen LogP contribution in [0.3, 0.4) is 0 Å². The van der Waals surface area contributed by atoms with Gasteiger partial charge in [-0.2, -0.15) is 0 Å². The summed E-state index contributed by atoms with van der Waals surface area (Å²) in [5, 5.41) is 0. The van der Waals surface area contributed by atoms with E-state index in [4.69, 9.17) is 0 Å². The molecule has 2 aliphatic rings. The molecule has 0 N–H and O–H groups in total. The summed E-state index contributed by atoms with van der Waals surface area (Å²) in [6, 6.07) is 28.8. The average molecular weight is 370 g/mol. The Morgan fingerprint density at radius 3 is 1.74 bits per heavy atom. The molecule has 2 heterocycles. The molecule has 134 valence electrons. The van der Waals surface area contributed by atoms with Crippen molar-refractivity contribution in [1.29, 1.82) is 0 Å². The van der Waals surface area contributed by atoms with Gasteiger partial charge in [-0.1, -0.05) is 78.5 Å². The molecule has 0 aliphatic carbocycles. The van der Waals surface area contributed by atoms with Crippen LogP contribution in [-0.4, -0.2) is 18.0 Å². The third-order valence-electron chi connectivity index (χ3n) is 5.61. The van der Waals surface area contributed by atoms with Gasteiger partial charge >= 0.3 is 0 Å². The van der Waals surface area contributed by atoms with E-state index in [1.165, 1.54) is 26.5 Å². The monoisotopic (exact) mass is 369 g/mol. The van der Waals surface area contributed by atoms with Crippen molar-refractivity contribution in [2.24, 2.45) is 0 Å². The molecule has 1 nitrogen and oxygen atoms in total. The first kappa shape index (κ1) is 16.9. The Kier molecular flexibility index (Phi) is 4.61. The fourth-order valence-corrected chi connectivity index (χ4v) is 5.41. The van der Waals surface area contributed by atoms with Gasteiger partial charge in [0.05, 0.1) is 0 Å². The predicted molar refractivity (Wildman–Crippen MR) is 115 cm³/mol. The summed E-state index contributed by atoms with van der Waals surface area (Å²) >= 11 is 1.92. The van der Waals surface area contributed by atoms with Crippen LogP contribution in [0, 0.1) is 0 Å². The maximum absolute atomic E-state index is 2.61. The molecule has 5 rings (SSSR count). The highest BCUT2D eigenvalue weighted by atomic mass is 32.2. The van der Waals surface area contributed by atoms with E-state index in [1.807, 2.05) is 11.8 Å². The molecule has 0 spiro atoms. The molecule has 0 aromatic heterocycles. The molecule has 3 aromatic carbocycles. The summed E-state index contributed by atoms with van der Waals surface area (Å²) < 4.78 is 0. The van der Waals surface area contributed by atoms with Crippen LogP contribution in [0.2, 0.25) is 0 Å². The molecule has 0 saturated heterocycles. The zero-order chi connectivity index (χ0) is 18.1. The largest absolute Gasteiger partial charge is 0.298 e. The fraction of sp³-hybridized carbons (Fsp3) is 0.200. The van der Waals surface area contributed by atoms with Gasteiger partial charge in [-0.3, -0.25) is 4.90 Å². The van der Waals surface area contributed by atoms with Crippen molar-refractivity contribution in [2.45, 2.75) is 29.2 Å². The van der Waals surface area contributed by atoms with Gasteiger partial charge in [0.15, 0.2) is 0 Å². The van der Waals surface area contributed by atoms with Gasteiger partial charge in [-0.25, -0.2) is 0 Å². The highest BCUT2D eigenvalue weighted by Gasteiger charge is 2.25. The second kappa shape index (κ2) is 7.38. The Morgan fingerprint density at radius 2 is 1.15 bits per heavy atom. The molecule has 0 unspecified atom stereocenters. The van der Waals surface area contributed by atoms with E-state index in [1.54, 1.807) is 11.1 Å². The number of fused-ring (bicyclic) bond motifs is 4. The van der Waals surface area contributed by atoms with Crippen LogP contribution in [0.5, 0.6) is 0 Å². The van der Waals surface area contributed by atoms with Crippen molar-refractivity contribution < 1.29 is 0 Å². The highest BCUT2D eigenvalue weighted by Crippen LogP contribution is 2.46. The normalized spacial score (nSPS) is 16.7. The summed E-state index contributed by atoms with van der Waals surface area (Å²) in [7, 11) is 0. The standard InChI is InChI=1S/C25H23NS/c1-2-8-19(9-3-1)18-26-16-14-20-21(15-17-26)23-11-5-7-13-25(23)27-24-12-6-4-10-22(20)24/h1-13H,14-18H2. The maximum Gasteiger partial charge on any atom is 0.0233 e. The van der Waals surface area contributed by atoms with Crippen molar-refractivity contribution >= 4 is 22.9 Å². The molecule has 0 bridgehead atoms. The van der Waals surface area contributed by atoms with Gasteiger partial charge in [0.25, 0.3) is 0 Å². The molecule has 0 amide bonds. The predicted octanol–water partition coefficient (Wildman–Crippen LogP) is 6.36. The Labute approximate surface area is 165 Å². The van der Waals surface area contributed by atoms with Gasteiger partial charge in [-0.15, -0.1) is 0 Å². The van der Waals surface area contributed by atoms with Crippen molar-refractivity contribution in [3.8, 4) is 0 Å². The Hall–Kier alpha value is -2.29. The van der Waals surface area contributed by atoms with Crippen LogP contribution in [0.1, 0.15) is 29.5 Å². The summed E-state index contributed by atoms with van der Waals surface area (Å²) in [6.45, 7) is 3.28. The lowest BCUT2D eigenvalue weighted by molar-refractivity contribution is 0.282. The van der Waals surface area contributed by atoms with Crippen molar-refractivity contribution in [2.75, 3.05) is 13.1 Å². The number of nitrogens with zero attached hydrogens (tertiary/aromatic N) is 1. The first-order chi connectivity index (χ1) is 13.4. The number of hydrogen-bond donors (Lipinski definition) is 0. The summed E-state index contributed by atoms with van der Waals surface area (Å²) in [5.41, 5.74) is 7.40. The van der Waals surface area contributed by atoms with E-state index in [0.717, 1.165) is 32.5 Å². The van der Waals surface area contributed by atoms with E-state index in [9.17, 15) is 0 Å². The van der Waals surface area contributed by atoms with Crippen LogP contribution < -0.4 is 0 Å². The Balaban J connectivity index is 1.51. The third-order valence-corrected chi connectivity index (χ3v) is 6.77. The maximum atomic E-state index is 2.61. The number of rotatable bonds is 2. The van der Waals surface area contributed by atoms with Gasteiger partial charge in [-0.05, 0) is 52.8 Å². The first-order valence-electron chi connectivity index (χ1n) is 9.73. The van der Waals surface area contributed by atoms with E-state index < -0.39 is 0 Å².